The van der Waals surface area contributed by atoms with Gasteiger partial charge in [0.25, 0.3) is 0 Å². The van der Waals surface area contributed by atoms with Crippen molar-refractivity contribution in [1.29, 1.82) is 0 Å². The molecule has 0 aromatic heterocycles. The number of aliphatic hydroxyl groups excluding tert-OH is 2. The quantitative estimate of drug-likeness (QED) is 0.0320. The predicted molar refractivity (Wildman–Crippen MR) is 361 cm³/mol. The molecule has 0 aliphatic heterocycles. The van der Waals surface area contributed by atoms with Gasteiger partial charge in [0.15, 0.2) is 0 Å². The van der Waals surface area contributed by atoms with Crippen molar-refractivity contribution in [3.05, 3.63) is 24.3 Å². The second-order valence-electron chi connectivity index (χ2n) is 26.0. The number of hydrogen-bond acceptors (Lipinski definition) is 5. The Bertz CT molecular complexity index is 1280. The normalized spacial score (nSPS) is 12.6. The summed E-state index contributed by atoms with van der Waals surface area (Å²) in [5.41, 5.74) is 0. The fourth-order valence-electron chi connectivity index (χ4n) is 12.0. The number of hydrogen-bond donors (Lipinski definition) is 3. The van der Waals surface area contributed by atoms with Gasteiger partial charge in [-0.1, -0.05) is 378 Å². The molecular formula is C76H147NO5. The highest BCUT2D eigenvalue weighted by Gasteiger charge is 2.20. The van der Waals surface area contributed by atoms with E-state index < -0.39 is 12.1 Å². The van der Waals surface area contributed by atoms with Gasteiger partial charge in [-0.3, -0.25) is 9.59 Å². The number of nitrogens with one attached hydrogen (secondary N) is 1. The van der Waals surface area contributed by atoms with E-state index in [9.17, 15) is 19.8 Å². The van der Waals surface area contributed by atoms with Crippen LogP contribution in [-0.2, 0) is 14.3 Å². The molecule has 0 rings (SSSR count). The van der Waals surface area contributed by atoms with Gasteiger partial charge in [0.05, 0.1) is 25.4 Å². The molecule has 0 heterocycles. The summed E-state index contributed by atoms with van der Waals surface area (Å²) in [6.45, 7) is 4.97. The molecule has 6 heteroatoms. The van der Waals surface area contributed by atoms with Crippen LogP contribution >= 0.6 is 0 Å². The minimum atomic E-state index is -0.662. The van der Waals surface area contributed by atoms with Crippen molar-refractivity contribution in [3.8, 4) is 0 Å². The number of aliphatic hydroxyl groups is 2. The summed E-state index contributed by atoms with van der Waals surface area (Å²) in [5.74, 6) is -0.0136. The summed E-state index contributed by atoms with van der Waals surface area (Å²) in [5, 5.41) is 23.4. The standard InChI is InChI=1S/C76H147NO5/c1-3-5-7-9-11-13-15-17-19-21-37-40-44-48-52-56-60-64-68-74(79)73(72-78)77-75(80)69-65-61-57-53-49-45-41-38-34-32-30-28-26-24-22-23-25-27-29-31-33-35-39-43-47-51-55-59-63-67-71-82-76(81)70-66-62-58-54-50-46-42-36-20-18-16-14-12-10-8-6-4-2/h12,14,18,20,73-74,78-79H,3-11,13,15-17,19,21-72H2,1-2H3,(H,77,80)/b14-12-,20-18-. The summed E-state index contributed by atoms with van der Waals surface area (Å²) in [6.07, 6.45) is 91.0. The molecule has 486 valence electrons. The van der Waals surface area contributed by atoms with E-state index in [0.717, 1.165) is 51.4 Å². The van der Waals surface area contributed by atoms with E-state index in [2.05, 4.69) is 43.5 Å². The molecule has 0 aliphatic rings. The number of unbranched alkanes of at least 4 members (excludes halogenated alkanes) is 56. The molecule has 0 radical (unpaired) electrons. The third-order valence-corrected chi connectivity index (χ3v) is 17.8. The van der Waals surface area contributed by atoms with Crippen LogP contribution in [0.25, 0.3) is 0 Å². The molecule has 0 aromatic rings. The average molecular weight is 1160 g/mol. The number of ether oxygens (including phenoxy) is 1. The molecule has 82 heavy (non-hydrogen) atoms. The maximum atomic E-state index is 12.5. The summed E-state index contributed by atoms with van der Waals surface area (Å²) in [4.78, 5) is 24.6. The van der Waals surface area contributed by atoms with Crippen LogP contribution in [0.2, 0.25) is 0 Å². The van der Waals surface area contributed by atoms with Crippen molar-refractivity contribution in [2.45, 2.75) is 437 Å². The fourth-order valence-corrected chi connectivity index (χ4v) is 12.0. The first-order chi connectivity index (χ1) is 40.5. The molecule has 0 fully saturated rings. The zero-order valence-electron chi connectivity index (χ0n) is 55.8. The summed E-state index contributed by atoms with van der Waals surface area (Å²) in [6, 6.07) is -0.539. The van der Waals surface area contributed by atoms with Crippen LogP contribution in [-0.4, -0.2) is 47.4 Å². The molecule has 0 aromatic carbocycles. The largest absolute Gasteiger partial charge is 0.466 e. The molecule has 0 bridgehead atoms. The number of amides is 1. The minimum Gasteiger partial charge on any atom is -0.466 e. The molecule has 0 saturated heterocycles. The van der Waals surface area contributed by atoms with Crippen LogP contribution in [0.1, 0.15) is 425 Å². The lowest BCUT2D eigenvalue weighted by Gasteiger charge is -2.22. The lowest BCUT2D eigenvalue weighted by Crippen LogP contribution is -2.45. The van der Waals surface area contributed by atoms with E-state index in [1.54, 1.807) is 0 Å². The Hall–Kier alpha value is -1.66. The van der Waals surface area contributed by atoms with Crippen molar-refractivity contribution in [3.63, 3.8) is 0 Å². The highest BCUT2D eigenvalue weighted by Crippen LogP contribution is 2.20. The van der Waals surface area contributed by atoms with Gasteiger partial charge in [0.2, 0.25) is 5.91 Å². The van der Waals surface area contributed by atoms with Gasteiger partial charge >= 0.3 is 5.97 Å². The second kappa shape index (κ2) is 71.8. The van der Waals surface area contributed by atoms with E-state index in [0.29, 0.717) is 25.9 Å². The van der Waals surface area contributed by atoms with E-state index in [4.69, 9.17) is 4.74 Å². The van der Waals surface area contributed by atoms with Crippen molar-refractivity contribution < 1.29 is 24.5 Å². The molecular weight excluding hydrogens is 1010 g/mol. The number of allylic oxidation sites excluding steroid dienone is 4. The summed E-state index contributed by atoms with van der Waals surface area (Å²) >= 11 is 0. The van der Waals surface area contributed by atoms with Crippen molar-refractivity contribution in [2.75, 3.05) is 13.2 Å². The third kappa shape index (κ3) is 67.5. The van der Waals surface area contributed by atoms with E-state index in [-0.39, 0.29) is 18.5 Å². The van der Waals surface area contributed by atoms with Crippen molar-refractivity contribution >= 4 is 11.9 Å². The van der Waals surface area contributed by atoms with Crippen molar-refractivity contribution in [2.24, 2.45) is 0 Å². The smallest absolute Gasteiger partial charge is 0.305 e. The molecule has 1 amide bonds. The first-order valence-corrected chi connectivity index (χ1v) is 37.6. The van der Waals surface area contributed by atoms with Crippen LogP contribution < -0.4 is 5.32 Å². The lowest BCUT2D eigenvalue weighted by molar-refractivity contribution is -0.143. The van der Waals surface area contributed by atoms with Crippen LogP contribution in [0.3, 0.4) is 0 Å². The predicted octanol–water partition coefficient (Wildman–Crippen LogP) is 24.5. The number of carbonyl (C=O) groups is 2. The first-order valence-electron chi connectivity index (χ1n) is 37.6. The zero-order chi connectivity index (χ0) is 59.2. The van der Waals surface area contributed by atoms with E-state index >= 15 is 0 Å². The SMILES string of the molecule is CCCCC/C=C\C/C=C\CCCCCCCCCC(=O)OCCCCCCCCCCCCCCCCCCCCCCCCCCCCCCCCC(=O)NC(CO)C(O)CCCCCCCCCCCCCCCCCCCC. The summed E-state index contributed by atoms with van der Waals surface area (Å²) < 4.78 is 5.50. The maximum absolute atomic E-state index is 12.5. The van der Waals surface area contributed by atoms with E-state index in [1.807, 2.05) is 0 Å². The van der Waals surface area contributed by atoms with E-state index in [1.165, 1.54) is 340 Å². The minimum absolute atomic E-state index is 0.0132. The van der Waals surface area contributed by atoms with Gasteiger partial charge in [-0.05, 0) is 57.8 Å². The van der Waals surface area contributed by atoms with Gasteiger partial charge in [0, 0.05) is 12.8 Å². The lowest BCUT2D eigenvalue weighted by atomic mass is 10.0. The summed E-state index contributed by atoms with van der Waals surface area (Å²) in [7, 11) is 0. The van der Waals surface area contributed by atoms with Crippen molar-refractivity contribution in [1.82, 2.24) is 5.32 Å². The Labute approximate surface area is 513 Å². The highest BCUT2D eigenvalue weighted by molar-refractivity contribution is 5.76. The molecule has 2 unspecified atom stereocenters. The number of rotatable bonds is 71. The Morgan fingerprint density at radius 3 is 0.951 bits per heavy atom. The third-order valence-electron chi connectivity index (χ3n) is 17.8. The van der Waals surface area contributed by atoms with Crippen LogP contribution in [0.4, 0.5) is 0 Å². The first kappa shape index (κ1) is 80.3. The van der Waals surface area contributed by atoms with Crippen LogP contribution in [0, 0.1) is 0 Å². The van der Waals surface area contributed by atoms with Gasteiger partial charge in [-0.15, -0.1) is 0 Å². The second-order valence-corrected chi connectivity index (χ2v) is 26.0. The van der Waals surface area contributed by atoms with Gasteiger partial charge in [-0.25, -0.2) is 0 Å². The molecule has 3 N–H and O–H groups in total. The van der Waals surface area contributed by atoms with Gasteiger partial charge in [0.1, 0.15) is 0 Å². The fraction of sp³-hybridized carbons (Fsp3) is 0.921. The maximum Gasteiger partial charge on any atom is 0.305 e. The highest BCUT2D eigenvalue weighted by atomic mass is 16.5. The average Bonchev–Trinajstić information content (AvgIpc) is 3.48. The number of carbonyl (C=O) groups excluding carboxylic acids is 2. The molecule has 6 nitrogen and oxygen atoms in total. The topological polar surface area (TPSA) is 95.9 Å². The van der Waals surface area contributed by atoms with Gasteiger partial charge in [-0.2, -0.15) is 0 Å². The molecule has 0 spiro atoms. The number of esters is 1. The van der Waals surface area contributed by atoms with Crippen LogP contribution in [0.5, 0.6) is 0 Å². The Balaban J connectivity index is 3.33. The molecule has 0 aliphatic carbocycles. The van der Waals surface area contributed by atoms with Gasteiger partial charge < -0.3 is 20.3 Å². The Morgan fingerprint density at radius 2 is 0.610 bits per heavy atom. The molecule has 0 saturated carbocycles. The Kier molecular flexibility index (Phi) is 70.4. The zero-order valence-corrected chi connectivity index (χ0v) is 55.8. The Morgan fingerprint density at radius 1 is 0.341 bits per heavy atom. The van der Waals surface area contributed by atoms with Crippen LogP contribution in [0.15, 0.2) is 24.3 Å². The monoisotopic (exact) mass is 1150 g/mol. The molecule has 2 atom stereocenters.